The van der Waals surface area contributed by atoms with Crippen LogP contribution in [0.4, 0.5) is 0 Å². The van der Waals surface area contributed by atoms with Gasteiger partial charge in [0.1, 0.15) is 0 Å². The molecule has 3 heteroatoms. The van der Waals surface area contributed by atoms with Gasteiger partial charge in [0.25, 0.3) is 0 Å². The minimum atomic E-state index is 0.750. The highest BCUT2D eigenvalue weighted by Gasteiger charge is 2.16. The molecule has 0 atom stereocenters. The first-order chi connectivity index (χ1) is 9.36. The van der Waals surface area contributed by atoms with Crippen molar-refractivity contribution in [1.82, 2.24) is 10.2 Å². The van der Waals surface area contributed by atoms with Crippen molar-refractivity contribution in [2.75, 3.05) is 33.7 Å². The normalized spacial score (nSPS) is 16.9. The van der Waals surface area contributed by atoms with Gasteiger partial charge in [-0.3, -0.25) is 0 Å². The maximum absolute atomic E-state index is 4.50. The first kappa shape index (κ1) is 20.7. The lowest BCUT2D eigenvalue weighted by Gasteiger charge is -2.31. The molecule has 1 fully saturated rings. The van der Waals surface area contributed by atoms with Crippen molar-refractivity contribution in [3.8, 4) is 0 Å². The zero-order valence-corrected chi connectivity index (χ0v) is 13.7. The van der Waals surface area contributed by atoms with Gasteiger partial charge < -0.3 is 16.0 Å². The minimum Gasteiger partial charge on any atom is -0.333 e. The zero-order chi connectivity index (χ0) is 14.9. The third-order valence-electron chi connectivity index (χ3n) is 3.05. The van der Waals surface area contributed by atoms with Gasteiger partial charge in [0.05, 0.1) is 0 Å². The largest absolute Gasteiger partial charge is 0.333 e. The third kappa shape index (κ3) is 12.2. The lowest BCUT2D eigenvalue weighted by atomic mass is 10.1. The molecule has 0 unspecified atom stereocenters. The Hall–Kier alpha value is -0.640. The summed E-state index contributed by atoms with van der Waals surface area (Å²) in [5, 5.41) is 3.36. The highest BCUT2D eigenvalue weighted by atomic mass is 15.1. The second-order valence-corrected chi connectivity index (χ2v) is 4.15. The van der Waals surface area contributed by atoms with E-state index in [1.807, 2.05) is 20.8 Å². The molecular weight excluding hydrogens is 234 g/mol. The van der Waals surface area contributed by atoms with E-state index in [4.69, 9.17) is 0 Å². The first-order valence-corrected chi connectivity index (χ1v) is 7.62. The van der Waals surface area contributed by atoms with Crippen LogP contribution in [0.15, 0.2) is 24.3 Å². The molecule has 3 N–H and O–H groups in total. The van der Waals surface area contributed by atoms with Gasteiger partial charge >= 0.3 is 0 Å². The molecule has 0 aromatic carbocycles. The monoisotopic (exact) mass is 269 g/mol. The molecule has 0 spiro atoms. The van der Waals surface area contributed by atoms with Crippen molar-refractivity contribution in [3.05, 3.63) is 24.3 Å². The summed E-state index contributed by atoms with van der Waals surface area (Å²) in [6.45, 7) is 9.77. The number of nitrogens with two attached hydrogens (primary N) is 1. The lowest BCUT2D eigenvalue weighted by molar-refractivity contribution is 0.205. The molecule has 1 rings (SSSR count). The summed E-state index contributed by atoms with van der Waals surface area (Å²) in [5.74, 6) is 0. The summed E-state index contributed by atoms with van der Waals surface area (Å²) in [6.07, 6.45) is 12.3. The second kappa shape index (κ2) is 17.4. The molecule has 0 saturated carbocycles. The van der Waals surface area contributed by atoms with Crippen LogP contribution in [0.5, 0.6) is 0 Å². The number of rotatable bonds is 5. The van der Waals surface area contributed by atoms with E-state index < -0.39 is 0 Å². The number of hydrogen-bond acceptors (Lipinski definition) is 3. The van der Waals surface area contributed by atoms with Crippen LogP contribution in [0.25, 0.3) is 0 Å². The molecule has 3 nitrogen and oxygen atoms in total. The Labute approximate surface area is 120 Å². The van der Waals surface area contributed by atoms with Gasteiger partial charge in [0.2, 0.25) is 0 Å². The highest BCUT2D eigenvalue weighted by molar-refractivity contribution is 5.01. The molecule has 1 saturated heterocycles. The smallest absolute Gasteiger partial charge is 0.00884 e. The molecule has 1 aliphatic heterocycles. The van der Waals surface area contributed by atoms with Crippen molar-refractivity contribution < 1.29 is 0 Å². The summed E-state index contributed by atoms with van der Waals surface area (Å²) in [7, 11) is 3.57. The van der Waals surface area contributed by atoms with Crippen LogP contribution in [0.2, 0.25) is 0 Å². The molecule has 0 bridgehead atoms. The van der Waals surface area contributed by atoms with Crippen molar-refractivity contribution in [3.63, 3.8) is 0 Å². The fourth-order valence-corrected chi connectivity index (χ4v) is 1.99. The van der Waals surface area contributed by atoms with Crippen LogP contribution >= 0.6 is 0 Å². The van der Waals surface area contributed by atoms with Gasteiger partial charge in [-0.2, -0.15) is 0 Å². The van der Waals surface area contributed by atoms with Gasteiger partial charge in [-0.1, -0.05) is 38.2 Å². The van der Waals surface area contributed by atoms with E-state index in [1.54, 1.807) is 0 Å². The minimum absolute atomic E-state index is 0.750. The Morgan fingerprint density at radius 1 is 1.16 bits per heavy atom. The number of nitrogens with zero attached hydrogens (tertiary/aromatic N) is 1. The van der Waals surface area contributed by atoms with Crippen LogP contribution in [0, 0.1) is 0 Å². The molecule has 1 heterocycles. The molecule has 0 radical (unpaired) electrons. The fraction of sp³-hybridized carbons (Fsp3) is 0.750. The lowest BCUT2D eigenvalue weighted by Crippen LogP contribution is -2.41. The predicted molar refractivity (Wildman–Crippen MR) is 88.6 cm³/mol. The number of allylic oxidation sites excluding steroid dienone is 3. The van der Waals surface area contributed by atoms with Crippen molar-refractivity contribution in [2.45, 2.75) is 46.1 Å². The molecule has 1 aliphatic rings. The molecule has 19 heavy (non-hydrogen) atoms. The number of nitrogens with one attached hydrogen (secondary N) is 1. The summed E-state index contributed by atoms with van der Waals surface area (Å²) < 4.78 is 0. The van der Waals surface area contributed by atoms with E-state index in [2.05, 4.69) is 47.3 Å². The first-order valence-electron chi connectivity index (χ1n) is 7.62. The standard InChI is InChI=1S/C13H24N2.C2H6.CH5N/c1-3-4-5-6-7-10-15-11-8-13(14-2)9-12-15;2*1-2/h3-6,13-14H,7-12H2,1-2H3;1-2H3;2H2,1H3/b4-3-,6-5-;;. The Morgan fingerprint density at radius 2 is 1.74 bits per heavy atom. The van der Waals surface area contributed by atoms with Gasteiger partial charge in [-0.25, -0.2) is 0 Å². The van der Waals surface area contributed by atoms with Gasteiger partial charge in [-0.05, 0) is 53.4 Å². The number of piperidine rings is 1. The highest BCUT2D eigenvalue weighted by Crippen LogP contribution is 2.09. The second-order valence-electron chi connectivity index (χ2n) is 4.15. The van der Waals surface area contributed by atoms with Crippen molar-refractivity contribution in [2.24, 2.45) is 5.73 Å². The Morgan fingerprint density at radius 3 is 2.21 bits per heavy atom. The molecule has 0 aromatic rings. The van der Waals surface area contributed by atoms with Gasteiger partial charge in [0, 0.05) is 12.6 Å². The Kier molecular flexibility index (Phi) is 18.9. The maximum Gasteiger partial charge on any atom is 0.00884 e. The van der Waals surface area contributed by atoms with E-state index in [0.717, 1.165) is 6.04 Å². The molecular formula is C16H35N3. The van der Waals surface area contributed by atoms with Crippen LogP contribution < -0.4 is 11.1 Å². The molecule has 114 valence electrons. The number of hydrogen-bond donors (Lipinski definition) is 2. The quantitative estimate of drug-likeness (QED) is 0.754. The van der Waals surface area contributed by atoms with E-state index in [1.165, 1.54) is 45.9 Å². The van der Waals surface area contributed by atoms with E-state index >= 15 is 0 Å². The SMILES string of the molecule is C/C=C\C=C/CCN1CCC(NC)CC1.CC.CN. The summed E-state index contributed by atoms with van der Waals surface area (Å²) in [5.41, 5.74) is 4.50. The van der Waals surface area contributed by atoms with Crippen molar-refractivity contribution in [1.29, 1.82) is 0 Å². The third-order valence-corrected chi connectivity index (χ3v) is 3.05. The molecule has 0 aromatic heterocycles. The average molecular weight is 269 g/mol. The van der Waals surface area contributed by atoms with Gasteiger partial charge in [0.15, 0.2) is 0 Å². The van der Waals surface area contributed by atoms with E-state index in [9.17, 15) is 0 Å². The van der Waals surface area contributed by atoms with Crippen LogP contribution in [-0.4, -0.2) is 44.7 Å². The Bertz CT molecular complexity index is 204. The summed E-state index contributed by atoms with van der Waals surface area (Å²) in [6, 6.07) is 0.750. The topological polar surface area (TPSA) is 41.3 Å². The van der Waals surface area contributed by atoms with Gasteiger partial charge in [-0.15, -0.1) is 0 Å². The van der Waals surface area contributed by atoms with E-state index in [-0.39, 0.29) is 0 Å². The molecule has 0 amide bonds. The Balaban J connectivity index is 0. The number of likely N-dealkylation sites (tertiary alicyclic amines) is 1. The van der Waals surface area contributed by atoms with Crippen LogP contribution in [0.1, 0.15) is 40.0 Å². The summed E-state index contributed by atoms with van der Waals surface area (Å²) in [4.78, 5) is 2.56. The maximum atomic E-state index is 4.50. The molecule has 0 aliphatic carbocycles. The van der Waals surface area contributed by atoms with Crippen LogP contribution in [0.3, 0.4) is 0 Å². The fourth-order valence-electron chi connectivity index (χ4n) is 1.99. The average Bonchev–Trinajstić information content (AvgIpc) is 2.52. The van der Waals surface area contributed by atoms with Crippen LogP contribution in [-0.2, 0) is 0 Å². The van der Waals surface area contributed by atoms with Crippen molar-refractivity contribution >= 4 is 0 Å². The summed E-state index contributed by atoms with van der Waals surface area (Å²) >= 11 is 0. The predicted octanol–water partition coefficient (Wildman–Crippen LogP) is 2.79. The van der Waals surface area contributed by atoms with E-state index in [0.29, 0.717) is 0 Å². The zero-order valence-electron chi connectivity index (χ0n) is 13.7.